The van der Waals surface area contributed by atoms with Crippen LogP contribution in [0, 0.1) is 20.8 Å². The third kappa shape index (κ3) is 5.07. The molecule has 6 heteroatoms. The average Bonchev–Trinajstić information content (AvgIpc) is 2.70. The molecule has 2 N–H and O–H groups in total. The summed E-state index contributed by atoms with van der Waals surface area (Å²) in [5.41, 5.74) is 4.63. The van der Waals surface area contributed by atoms with E-state index in [0.717, 1.165) is 22.3 Å². The van der Waals surface area contributed by atoms with Gasteiger partial charge in [0.1, 0.15) is 0 Å². The van der Waals surface area contributed by atoms with Gasteiger partial charge in [-0.1, -0.05) is 53.6 Å². The highest BCUT2D eigenvalue weighted by atomic mass is 32.2. The predicted octanol–water partition coefficient (Wildman–Crippen LogP) is 4.90. The number of benzene rings is 3. The maximum atomic E-state index is 12.7. The normalized spacial score (nSPS) is 12.3. The molecule has 0 aromatic heterocycles. The Kier molecular flexibility index (Phi) is 6.27. The molecule has 0 radical (unpaired) electrons. The molecule has 3 aromatic carbocycles. The predicted molar refractivity (Wildman–Crippen MR) is 120 cm³/mol. The van der Waals surface area contributed by atoms with Crippen LogP contribution >= 0.6 is 0 Å². The first-order chi connectivity index (χ1) is 14.2. The van der Waals surface area contributed by atoms with E-state index in [9.17, 15) is 13.2 Å². The Balaban J connectivity index is 1.79. The van der Waals surface area contributed by atoms with E-state index >= 15 is 0 Å². The molecule has 1 atom stereocenters. The molecule has 3 rings (SSSR count). The Morgan fingerprint density at radius 3 is 2.00 bits per heavy atom. The standard InChI is InChI=1S/C24H26N2O3S/c1-16-5-10-20(11-6-16)19(4)25-24(27)21-12-9-18(3)23(15-21)26-30(28,29)22-13-7-17(2)8-14-22/h5-15,19,26H,1-4H3,(H,25,27). The maximum Gasteiger partial charge on any atom is 0.261 e. The molecular weight excluding hydrogens is 396 g/mol. The number of sulfonamides is 1. The van der Waals surface area contributed by atoms with Crippen LogP contribution in [-0.4, -0.2) is 14.3 Å². The molecule has 0 saturated heterocycles. The zero-order valence-corrected chi connectivity index (χ0v) is 18.4. The van der Waals surface area contributed by atoms with Gasteiger partial charge in [-0.25, -0.2) is 8.42 Å². The van der Waals surface area contributed by atoms with Crippen molar-refractivity contribution in [3.63, 3.8) is 0 Å². The topological polar surface area (TPSA) is 75.3 Å². The highest BCUT2D eigenvalue weighted by Gasteiger charge is 2.17. The van der Waals surface area contributed by atoms with Gasteiger partial charge in [0.25, 0.3) is 15.9 Å². The van der Waals surface area contributed by atoms with E-state index in [-0.39, 0.29) is 16.8 Å². The van der Waals surface area contributed by atoms with Crippen LogP contribution in [0.2, 0.25) is 0 Å². The highest BCUT2D eigenvalue weighted by Crippen LogP contribution is 2.22. The number of anilines is 1. The van der Waals surface area contributed by atoms with E-state index in [2.05, 4.69) is 10.0 Å². The van der Waals surface area contributed by atoms with Crippen LogP contribution < -0.4 is 10.0 Å². The summed E-state index contributed by atoms with van der Waals surface area (Å²) in [7, 11) is -3.75. The number of amides is 1. The van der Waals surface area contributed by atoms with Gasteiger partial charge in [-0.2, -0.15) is 0 Å². The number of hydrogen-bond donors (Lipinski definition) is 2. The Labute approximate surface area is 178 Å². The summed E-state index contributed by atoms with van der Waals surface area (Å²) in [6, 6.07) is 19.4. The van der Waals surface area contributed by atoms with E-state index in [1.54, 1.807) is 49.4 Å². The second kappa shape index (κ2) is 8.71. The molecule has 0 aliphatic carbocycles. The first-order valence-corrected chi connectivity index (χ1v) is 11.2. The number of carbonyl (C=O) groups excluding carboxylic acids is 1. The van der Waals surface area contributed by atoms with Crippen molar-refractivity contribution in [1.82, 2.24) is 5.32 Å². The molecular formula is C24H26N2O3S. The molecule has 0 aliphatic rings. The summed E-state index contributed by atoms with van der Waals surface area (Å²) in [6.45, 7) is 7.62. The largest absolute Gasteiger partial charge is 0.346 e. The van der Waals surface area contributed by atoms with Crippen LogP contribution in [-0.2, 0) is 10.0 Å². The molecule has 30 heavy (non-hydrogen) atoms. The Bertz CT molecular complexity index is 1150. The van der Waals surface area contributed by atoms with Gasteiger partial charge in [0.15, 0.2) is 0 Å². The van der Waals surface area contributed by atoms with E-state index in [1.165, 1.54) is 0 Å². The van der Waals surface area contributed by atoms with Crippen molar-refractivity contribution in [3.05, 3.63) is 94.5 Å². The van der Waals surface area contributed by atoms with Crippen LogP contribution in [0.15, 0.2) is 71.6 Å². The van der Waals surface area contributed by atoms with Crippen molar-refractivity contribution in [2.24, 2.45) is 0 Å². The molecule has 1 amide bonds. The van der Waals surface area contributed by atoms with Crippen molar-refractivity contribution in [1.29, 1.82) is 0 Å². The second-order valence-electron chi connectivity index (χ2n) is 7.55. The van der Waals surface area contributed by atoms with Crippen molar-refractivity contribution >= 4 is 21.6 Å². The lowest BCUT2D eigenvalue weighted by atomic mass is 10.1. The minimum atomic E-state index is -3.75. The van der Waals surface area contributed by atoms with Gasteiger partial charge in [-0.3, -0.25) is 9.52 Å². The molecule has 0 fully saturated rings. The van der Waals surface area contributed by atoms with Gasteiger partial charge in [0.2, 0.25) is 0 Å². The Morgan fingerprint density at radius 2 is 1.40 bits per heavy atom. The lowest BCUT2D eigenvalue weighted by molar-refractivity contribution is 0.0940. The average molecular weight is 423 g/mol. The fraction of sp³-hybridized carbons (Fsp3) is 0.208. The van der Waals surface area contributed by atoms with Crippen molar-refractivity contribution in [2.75, 3.05) is 4.72 Å². The molecule has 3 aromatic rings. The van der Waals surface area contributed by atoms with Gasteiger partial charge in [0.05, 0.1) is 16.6 Å². The fourth-order valence-corrected chi connectivity index (χ4v) is 4.13. The number of carbonyl (C=O) groups is 1. The minimum Gasteiger partial charge on any atom is -0.346 e. The summed E-state index contributed by atoms with van der Waals surface area (Å²) in [5, 5.41) is 2.96. The van der Waals surface area contributed by atoms with Crippen LogP contribution in [0.1, 0.15) is 45.6 Å². The number of rotatable bonds is 6. The molecule has 0 saturated carbocycles. The van der Waals surface area contributed by atoms with Crippen LogP contribution in [0.3, 0.4) is 0 Å². The van der Waals surface area contributed by atoms with E-state index < -0.39 is 10.0 Å². The zero-order chi connectivity index (χ0) is 21.9. The quantitative estimate of drug-likeness (QED) is 0.593. The minimum absolute atomic E-state index is 0.174. The van der Waals surface area contributed by atoms with Crippen LogP contribution in [0.4, 0.5) is 5.69 Å². The van der Waals surface area contributed by atoms with E-state index in [1.807, 2.05) is 45.0 Å². The van der Waals surface area contributed by atoms with Gasteiger partial charge >= 0.3 is 0 Å². The molecule has 0 bridgehead atoms. The molecule has 5 nitrogen and oxygen atoms in total. The van der Waals surface area contributed by atoms with Crippen LogP contribution in [0.25, 0.3) is 0 Å². The third-order valence-electron chi connectivity index (χ3n) is 5.00. The second-order valence-corrected chi connectivity index (χ2v) is 9.24. The maximum absolute atomic E-state index is 12.7. The molecule has 0 aliphatic heterocycles. The lowest BCUT2D eigenvalue weighted by Crippen LogP contribution is -2.26. The van der Waals surface area contributed by atoms with E-state index in [4.69, 9.17) is 0 Å². The summed E-state index contributed by atoms with van der Waals surface area (Å²) >= 11 is 0. The van der Waals surface area contributed by atoms with Gasteiger partial charge < -0.3 is 5.32 Å². The lowest BCUT2D eigenvalue weighted by Gasteiger charge is -2.16. The first-order valence-electron chi connectivity index (χ1n) is 9.73. The molecule has 0 heterocycles. The summed E-state index contributed by atoms with van der Waals surface area (Å²) in [5.74, 6) is -0.265. The first kappa shape index (κ1) is 21.6. The smallest absolute Gasteiger partial charge is 0.261 e. The summed E-state index contributed by atoms with van der Waals surface area (Å²) in [4.78, 5) is 12.9. The van der Waals surface area contributed by atoms with Crippen LogP contribution in [0.5, 0.6) is 0 Å². The summed E-state index contributed by atoms with van der Waals surface area (Å²) < 4.78 is 28.1. The zero-order valence-electron chi connectivity index (χ0n) is 17.6. The fourth-order valence-electron chi connectivity index (χ4n) is 3.01. The van der Waals surface area contributed by atoms with Crippen molar-refractivity contribution < 1.29 is 13.2 Å². The number of aryl methyl sites for hydroxylation is 3. The van der Waals surface area contributed by atoms with Gasteiger partial charge in [-0.05, 0) is 63.1 Å². The Hall–Kier alpha value is -3.12. The summed E-state index contributed by atoms with van der Waals surface area (Å²) in [6.07, 6.45) is 0. The SMILES string of the molecule is Cc1ccc(C(C)NC(=O)c2ccc(C)c(NS(=O)(=O)c3ccc(C)cc3)c2)cc1. The number of nitrogens with one attached hydrogen (secondary N) is 2. The third-order valence-corrected chi connectivity index (χ3v) is 6.38. The number of hydrogen-bond acceptors (Lipinski definition) is 3. The molecule has 1 unspecified atom stereocenters. The van der Waals surface area contributed by atoms with Crippen molar-refractivity contribution in [2.45, 2.75) is 38.6 Å². The molecule has 0 spiro atoms. The highest BCUT2D eigenvalue weighted by molar-refractivity contribution is 7.92. The monoisotopic (exact) mass is 422 g/mol. The van der Waals surface area contributed by atoms with E-state index in [0.29, 0.717) is 11.3 Å². The van der Waals surface area contributed by atoms with Crippen molar-refractivity contribution in [3.8, 4) is 0 Å². The van der Waals surface area contributed by atoms with Gasteiger partial charge in [-0.15, -0.1) is 0 Å². The van der Waals surface area contributed by atoms with Gasteiger partial charge in [0, 0.05) is 5.56 Å². The Morgan fingerprint density at radius 1 is 0.833 bits per heavy atom. The molecule has 156 valence electrons.